The molecule has 0 saturated carbocycles. The quantitative estimate of drug-likeness (QED) is 0.0789. The third-order valence-corrected chi connectivity index (χ3v) is 10.1. The largest absolute Gasteiger partial charge is 0.595 e. The van der Waals surface area contributed by atoms with Gasteiger partial charge in [0.05, 0.1) is 29.6 Å². The second-order valence-electron chi connectivity index (χ2n) is 13.6. The molecule has 9 atom stereocenters. The van der Waals surface area contributed by atoms with Gasteiger partial charge in [0.1, 0.15) is 17.4 Å². The predicted octanol–water partition coefficient (Wildman–Crippen LogP) is 1.65. The zero-order chi connectivity index (χ0) is 37.5. The number of hydrogen-bond donors (Lipinski definition) is 6. The Balaban J connectivity index is 1.94. The number of quaternary nitrogens is 1. The first kappa shape index (κ1) is 41.7. The number of aliphatic hydroxyl groups excluding tert-OH is 2. The molecule has 0 aromatic rings. The van der Waals surface area contributed by atoms with E-state index in [1.165, 1.54) is 26.0 Å². The predicted molar refractivity (Wildman–Crippen MR) is 183 cm³/mol. The molecule has 2 heterocycles. The van der Waals surface area contributed by atoms with E-state index in [0.717, 1.165) is 0 Å². The monoisotopic (exact) mass is 689 g/mol. The van der Waals surface area contributed by atoms with Crippen molar-refractivity contribution in [3.63, 3.8) is 0 Å². The van der Waals surface area contributed by atoms with Crippen LogP contribution in [0.1, 0.15) is 61.8 Å². The number of cyclic esters (lactones) is 1. The molecule has 0 aromatic heterocycles. The molecule has 13 heteroatoms. The van der Waals surface area contributed by atoms with Crippen LogP contribution in [-0.2, 0) is 23.9 Å². The molecule has 0 aliphatic carbocycles. The number of allylic oxidation sites excluding steroid dienone is 9. The molecule has 2 aliphatic rings. The van der Waals surface area contributed by atoms with Crippen LogP contribution in [0.4, 0.5) is 0 Å². The lowest BCUT2D eigenvalue weighted by Gasteiger charge is -2.55. The molecule has 1 unspecified atom stereocenters. The first-order chi connectivity index (χ1) is 22.7. The molecule has 274 valence electrons. The molecule has 2 aliphatic heterocycles. The number of hydrogen-bond acceptors (Lipinski definition) is 10. The molecule has 49 heavy (non-hydrogen) atoms. The smallest absolute Gasteiger partial charge is 0.339 e. The van der Waals surface area contributed by atoms with Crippen LogP contribution in [0.5, 0.6) is 0 Å². The molecule has 13 nitrogen and oxygen atoms in total. The fraction of sp³-hybridized carbons (Fsp3) is 0.583. The van der Waals surface area contributed by atoms with Crippen molar-refractivity contribution in [3.8, 4) is 0 Å². The molecule has 0 bridgehead atoms. The summed E-state index contributed by atoms with van der Waals surface area (Å²) in [6.45, 7) is 13.4. The fourth-order valence-electron chi connectivity index (χ4n) is 6.49. The normalized spacial score (nSPS) is 28.7. The molecule has 2 amide bonds. The topological polar surface area (TPSA) is 193 Å². The summed E-state index contributed by atoms with van der Waals surface area (Å²) in [7, 11) is 2.87. The lowest BCUT2D eigenvalue weighted by molar-refractivity contribution is -1.01. The maximum absolute atomic E-state index is 12.9. The Labute approximate surface area is 289 Å². The van der Waals surface area contributed by atoms with E-state index in [1.54, 1.807) is 103 Å². The Hall–Kier alpha value is -3.43. The highest BCUT2D eigenvalue weighted by atomic mass is 16.8. The summed E-state index contributed by atoms with van der Waals surface area (Å²) in [5.74, 6) is -2.80. The van der Waals surface area contributed by atoms with E-state index in [9.17, 15) is 34.9 Å². The molecule has 1 spiro atoms. The maximum Gasteiger partial charge on any atom is 0.339 e. The molecular formula is C36H55N3O10. The zero-order valence-electron chi connectivity index (χ0n) is 30.3. The Bertz CT molecular complexity index is 1400. The van der Waals surface area contributed by atoms with Gasteiger partial charge >= 0.3 is 5.97 Å². The molecule has 2 rings (SSSR count). The van der Waals surface area contributed by atoms with Gasteiger partial charge in [-0.05, 0) is 52.5 Å². The minimum absolute atomic E-state index is 0.146. The number of carbonyl (C=O) groups is 3. The fourth-order valence-corrected chi connectivity index (χ4v) is 6.49. The summed E-state index contributed by atoms with van der Waals surface area (Å²) in [5.41, 5.74) is -3.14. The Morgan fingerprint density at radius 1 is 1.14 bits per heavy atom. The number of esters is 1. The second kappa shape index (κ2) is 17.0. The third-order valence-electron chi connectivity index (χ3n) is 10.1. The number of likely N-dealkylation sites (tertiary alicyclic amines) is 1. The average molecular weight is 690 g/mol. The molecule has 6 N–H and O–H groups in total. The van der Waals surface area contributed by atoms with Gasteiger partial charge in [0.15, 0.2) is 0 Å². The van der Waals surface area contributed by atoms with E-state index in [-0.39, 0.29) is 30.5 Å². The Morgan fingerprint density at radius 3 is 2.33 bits per heavy atom. The van der Waals surface area contributed by atoms with Gasteiger partial charge in [-0.15, -0.1) is 0 Å². The van der Waals surface area contributed by atoms with Gasteiger partial charge in [-0.25, -0.2) is 10.0 Å². The highest BCUT2D eigenvalue weighted by Crippen LogP contribution is 2.54. The van der Waals surface area contributed by atoms with E-state index >= 15 is 0 Å². The number of methoxy groups -OCH3 is 1. The van der Waals surface area contributed by atoms with Crippen molar-refractivity contribution in [2.24, 2.45) is 17.3 Å². The maximum atomic E-state index is 12.9. The van der Waals surface area contributed by atoms with Crippen molar-refractivity contribution in [2.75, 3.05) is 20.7 Å². The molecule has 0 radical (unpaired) electrons. The van der Waals surface area contributed by atoms with Gasteiger partial charge in [0, 0.05) is 33.2 Å². The molecule has 2 saturated heterocycles. The van der Waals surface area contributed by atoms with Crippen LogP contribution in [0.15, 0.2) is 71.5 Å². The number of nitrogens with one attached hydrogen (secondary N) is 2. The van der Waals surface area contributed by atoms with Gasteiger partial charge in [-0.1, -0.05) is 68.5 Å². The van der Waals surface area contributed by atoms with Crippen molar-refractivity contribution >= 4 is 17.8 Å². The van der Waals surface area contributed by atoms with Crippen LogP contribution in [0, 0.1) is 22.5 Å². The summed E-state index contributed by atoms with van der Waals surface area (Å²) < 4.78 is 10.9. The first-order valence-electron chi connectivity index (χ1n) is 16.4. The van der Waals surface area contributed by atoms with Gasteiger partial charge in [0.2, 0.25) is 17.4 Å². The SMILES string of the molecule is CO[C@H](C[C@H](C)[C@@H](O)/C=C/C=C/CNC(=O)C(C)(C)[C@@H](O)\C(C)=C/C=C\C=C\C(C)=C(/C)[NH+]([O-])O)[C@@]1(O)[C@@H](C)C(=O)N(C)[C@@]12C(=O)O[C@@H]2C. The minimum Gasteiger partial charge on any atom is -0.595 e. The second-order valence-corrected chi connectivity index (χ2v) is 13.6. The van der Waals surface area contributed by atoms with Crippen LogP contribution in [-0.4, -0.2) is 99.5 Å². The highest BCUT2D eigenvalue weighted by Gasteiger charge is 2.80. The standard InChI is InChI=1S/C36H55N3O10/c1-22(26(5)39(46)47)17-13-11-14-18-23(2)30(41)34(7,8)32(43)37-20-16-12-15-19-28(40)24(3)21-29(48-10)36(45)25(4)31(42)38(9)35(36)27(6)49-33(35)44/h11-19,24-25,27-30,39-41,45-46H,20-21H2,1-10H3,(H,37,43)/b14-11-,16-12+,17-13+,19-15+,23-18-,26-22+/t24-,25-,27+,28-,29+,30-,35-,36-/m0/s1. The van der Waals surface area contributed by atoms with E-state index < -0.39 is 64.0 Å². The number of ether oxygens (including phenoxy) is 2. The van der Waals surface area contributed by atoms with Gasteiger partial charge in [-0.2, -0.15) is 5.23 Å². The molecule has 0 aromatic carbocycles. The van der Waals surface area contributed by atoms with Crippen molar-refractivity contribution in [2.45, 2.75) is 97.4 Å². The van der Waals surface area contributed by atoms with Gasteiger partial charge < -0.3 is 40.2 Å². The van der Waals surface area contributed by atoms with Gasteiger partial charge in [-0.3, -0.25) is 9.59 Å². The summed E-state index contributed by atoms with van der Waals surface area (Å²) in [4.78, 5) is 39.8. The molecular weight excluding hydrogens is 634 g/mol. The minimum atomic E-state index is -1.87. The number of hydroxylamine groups is 2. The highest BCUT2D eigenvalue weighted by molar-refractivity contribution is 5.99. The Morgan fingerprint density at radius 2 is 1.78 bits per heavy atom. The van der Waals surface area contributed by atoms with Crippen molar-refractivity contribution in [3.05, 3.63) is 76.7 Å². The number of likely N-dealkylation sites (N-methyl/N-ethyl adjacent to an activating group) is 1. The van der Waals surface area contributed by atoms with Crippen LogP contribution in [0.2, 0.25) is 0 Å². The van der Waals surface area contributed by atoms with Crippen LogP contribution in [0.3, 0.4) is 0 Å². The van der Waals surface area contributed by atoms with Gasteiger partial charge in [0.25, 0.3) is 0 Å². The number of amides is 2. The third kappa shape index (κ3) is 8.31. The van der Waals surface area contributed by atoms with Crippen molar-refractivity contribution < 1.29 is 49.6 Å². The van der Waals surface area contributed by atoms with Crippen LogP contribution < -0.4 is 10.5 Å². The summed E-state index contributed by atoms with van der Waals surface area (Å²) in [5, 5.41) is 55.5. The summed E-state index contributed by atoms with van der Waals surface area (Å²) in [6, 6.07) is 0. The van der Waals surface area contributed by atoms with Crippen LogP contribution >= 0.6 is 0 Å². The summed E-state index contributed by atoms with van der Waals surface area (Å²) >= 11 is 0. The van der Waals surface area contributed by atoms with E-state index in [1.807, 2.05) is 0 Å². The number of carbonyl (C=O) groups excluding carboxylic acids is 3. The van der Waals surface area contributed by atoms with E-state index in [0.29, 0.717) is 11.1 Å². The number of nitrogens with zero attached hydrogens (tertiary/aromatic N) is 1. The lowest BCUT2D eigenvalue weighted by atomic mass is 9.65. The Kier molecular flexibility index (Phi) is 14.5. The van der Waals surface area contributed by atoms with E-state index in [4.69, 9.17) is 14.7 Å². The zero-order valence-corrected chi connectivity index (χ0v) is 30.3. The number of rotatable bonds is 16. The summed E-state index contributed by atoms with van der Waals surface area (Å²) in [6.07, 6.45) is 11.4. The average Bonchev–Trinajstić information content (AvgIpc) is 3.22. The van der Waals surface area contributed by atoms with E-state index in [2.05, 4.69) is 5.32 Å². The molecule has 2 fully saturated rings. The van der Waals surface area contributed by atoms with Crippen molar-refractivity contribution in [1.82, 2.24) is 10.2 Å². The number of aliphatic hydroxyl groups is 3. The lowest BCUT2D eigenvalue weighted by Crippen LogP contribution is -3.02. The van der Waals surface area contributed by atoms with Crippen LogP contribution in [0.25, 0.3) is 0 Å². The first-order valence-corrected chi connectivity index (χ1v) is 16.4. The van der Waals surface area contributed by atoms with Crippen molar-refractivity contribution in [1.29, 1.82) is 0 Å².